The summed E-state index contributed by atoms with van der Waals surface area (Å²) in [6.45, 7) is 0.577. The molecule has 5 nitrogen and oxygen atoms in total. The summed E-state index contributed by atoms with van der Waals surface area (Å²) in [5.41, 5.74) is 2.44. The average Bonchev–Trinajstić information content (AvgIpc) is 2.76. The standard InChI is InChI=1S/C14H15N3O2S/c1-17-10-11(7-13(17)8-15)9-16-12-3-5-14(6-4-12)20(2,18)19/h3-7,10,16H,9H2,1-2H3. The molecule has 0 bridgehead atoms. The molecule has 1 N–H and O–H groups in total. The molecule has 1 aromatic carbocycles. The lowest BCUT2D eigenvalue weighted by molar-refractivity contribution is 0.602. The first-order valence-corrected chi connectivity index (χ1v) is 7.88. The molecule has 2 aromatic rings. The molecule has 0 fully saturated rings. The fourth-order valence-corrected chi connectivity index (χ4v) is 2.50. The number of sulfone groups is 1. The predicted octanol–water partition coefficient (Wildman–Crippen LogP) is 1.91. The molecule has 0 saturated heterocycles. The zero-order chi connectivity index (χ0) is 14.8. The third kappa shape index (κ3) is 3.19. The number of aromatic nitrogens is 1. The Labute approximate surface area is 118 Å². The number of anilines is 1. The molecular weight excluding hydrogens is 274 g/mol. The van der Waals surface area contributed by atoms with Crippen LogP contribution in [0.15, 0.2) is 41.4 Å². The van der Waals surface area contributed by atoms with Crippen LogP contribution in [-0.4, -0.2) is 19.2 Å². The minimum Gasteiger partial charge on any atom is -0.381 e. The summed E-state index contributed by atoms with van der Waals surface area (Å²) in [5.74, 6) is 0. The van der Waals surface area contributed by atoms with Gasteiger partial charge in [-0.25, -0.2) is 8.42 Å². The van der Waals surface area contributed by atoms with Crippen molar-refractivity contribution in [2.75, 3.05) is 11.6 Å². The maximum Gasteiger partial charge on any atom is 0.175 e. The number of benzene rings is 1. The number of rotatable bonds is 4. The Morgan fingerprint density at radius 2 is 1.95 bits per heavy atom. The Balaban J connectivity index is 2.06. The second-order valence-corrected chi connectivity index (χ2v) is 6.62. The second kappa shape index (κ2) is 5.39. The van der Waals surface area contributed by atoms with Gasteiger partial charge >= 0.3 is 0 Å². The Kier molecular flexibility index (Phi) is 3.81. The van der Waals surface area contributed by atoms with Gasteiger partial charge in [-0.2, -0.15) is 5.26 Å². The minimum atomic E-state index is -3.16. The maximum atomic E-state index is 11.3. The van der Waals surface area contributed by atoms with Crippen LogP contribution in [0.3, 0.4) is 0 Å². The summed E-state index contributed by atoms with van der Waals surface area (Å²) in [7, 11) is -1.34. The molecular formula is C14H15N3O2S. The Morgan fingerprint density at radius 1 is 1.30 bits per heavy atom. The molecule has 0 unspecified atom stereocenters. The number of aryl methyl sites for hydroxylation is 1. The van der Waals surface area contributed by atoms with Crippen LogP contribution in [0.5, 0.6) is 0 Å². The predicted molar refractivity (Wildman–Crippen MR) is 77.0 cm³/mol. The molecule has 0 amide bonds. The van der Waals surface area contributed by atoms with Crippen LogP contribution in [0.2, 0.25) is 0 Å². The van der Waals surface area contributed by atoms with Gasteiger partial charge in [-0.05, 0) is 35.9 Å². The highest BCUT2D eigenvalue weighted by molar-refractivity contribution is 7.90. The molecule has 1 aromatic heterocycles. The molecule has 0 saturated carbocycles. The smallest absolute Gasteiger partial charge is 0.175 e. The molecule has 0 spiro atoms. The summed E-state index contributed by atoms with van der Waals surface area (Å²) in [6.07, 6.45) is 3.07. The van der Waals surface area contributed by atoms with E-state index in [0.29, 0.717) is 17.1 Å². The van der Waals surface area contributed by atoms with E-state index in [0.717, 1.165) is 11.3 Å². The monoisotopic (exact) mass is 289 g/mol. The molecule has 0 aliphatic heterocycles. The molecule has 6 heteroatoms. The first-order chi connectivity index (χ1) is 9.40. The third-order valence-corrected chi connectivity index (χ3v) is 4.08. The Hall–Kier alpha value is -2.26. The number of hydrogen-bond donors (Lipinski definition) is 1. The largest absolute Gasteiger partial charge is 0.381 e. The van der Waals surface area contributed by atoms with Crippen molar-refractivity contribution >= 4 is 15.5 Å². The highest BCUT2D eigenvalue weighted by Crippen LogP contribution is 2.15. The lowest BCUT2D eigenvalue weighted by atomic mass is 10.3. The van der Waals surface area contributed by atoms with E-state index in [1.165, 1.54) is 6.26 Å². The molecule has 20 heavy (non-hydrogen) atoms. The van der Waals surface area contributed by atoms with E-state index >= 15 is 0 Å². The molecule has 0 aliphatic carbocycles. The molecule has 2 rings (SSSR count). The number of hydrogen-bond acceptors (Lipinski definition) is 4. The Morgan fingerprint density at radius 3 is 2.45 bits per heavy atom. The van der Waals surface area contributed by atoms with Crippen molar-refractivity contribution in [2.24, 2.45) is 7.05 Å². The zero-order valence-corrected chi connectivity index (χ0v) is 12.1. The lowest BCUT2D eigenvalue weighted by Gasteiger charge is -2.05. The van der Waals surface area contributed by atoms with Gasteiger partial charge in [0, 0.05) is 31.7 Å². The van der Waals surface area contributed by atoms with Gasteiger partial charge in [0.1, 0.15) is 11.8 Å². The number of nitrogens with zero attached hydrogens (tertiary/aromatic N) is 2. The molecule has 0 aliphatic rings. The van der Waals surface area contributed by atoms with Crippen molar-refractivity contribution in [1.82, 2.24) is 4.57 Å². The number of nitrogens with one attached hydrogen (secondary N) is 1. The van der Waals surface area contributed by atoms with Gasteiger partial charge in [0.2, 0.25) is 0 Å². The summed E-state index contributed by atoms with van der Waals surface area (Å²) < 4.78 is 24.5. The summed E-state index contributed by atoms with van der Waals surface area (Å²) >= 11 is 0. The topological polar surface area (TPSA) is 74.9 Å². The van der Waals surface area contributed by atoms with Gasteiger partial charge in [0.25, 0.3) is 0 Å². The van der Waals surface area contributed by atoms with Crippen LogP contribution < -0.4 is 5.32 Å². The van der Waals surface area contributed by atoms with Crippen LogP contribution in [0.1, 0.15) is 11.3 Å². The quantitative estimate of drug-likeness (QED) is 0.933. The van der Waals surface area contributed by atoms with Gasteiger partial charge in [0.05, 0.1) is 4.90 Å². The van der Waals surface area contributed by atoms with Crippen LogP contribution >= 0.6 is 0 Å². The Bertz CT molecular complexity index is 753. The molecule has 0 radical (unpaired) electrons. The fourth-order valence-electron chi connectivity index (χ4n) is 1.86. The van der Waals surface area contributed by atoms with Crippen molar-refractivity contribution < 1.29 is 8.42 Å². The molecule has 1 heterocycles. The van der Waals surface area contributed by atoms with Gasteiger partial charge in [-0.15, -0.1) is 0 Å². The second-order valence-electron chi connectivity index (χ2n) is 4.61. The lowest BCUT2D eigenvalue weighted by Crippen LogP contribution is -2.00. The summed E-state index contributed by atoms with van der Waals surface area (Å²) in [6, 6.07) is 10.5. The van der Waals surface area contributed by atoms with E-state index in [2.05, 4.69) is 11.4 Å². The van der Waals surface area contributed by atoms with Gasteiger partial charge in [0.15, 0.2) is 9.84 Å². The van der Waals surface area contributed by atoms with Crippen molar-refractivity contribution in [3.63, 3.8) is 0 Å². The van der Waals surface area contributed by atoms with E-state index in [1.54, 1.807) is 28.8 Å². The SMILES string of the molecule is Cn1cc(CNc2ccc(S(C)(=O)=O)cc2)cc1C#N. The number of nitriles is 1. The summed E-state index contributed by atoms with van der Waals surface area (Å²) in [4.78, 5) is 0.300. The van der Waals surface area contributed by atoms with Crippen molar-refractivity contribution in [3.05, 3.63) is 47.8 Å². The van der Waals surface area contributed by atoms with Crippen molar-refractivity contribution in [1.29, 1.82) is 5.26 Å². The normalized spacial score (nSPS) is 11.1. The molecule has 0 atom stereocenters. The maximum absolute atomic E-state index is 11.3. The zero-order valence-electron chi connectivity index (χ0n) is 11.3. The highest BCUT2D eigenvalue weighted by atomic mass is 32.2. The fraction of sp³-hybridized carbons (Fsp3) is 0.214. The van der Waals surface area contributed by atoms with Crippen molar-refractivity contribution in [3.8, 4) is 6.07 Å². The van der Waals surface area contributed by atoms with Gasteiger partial charge < -0.3 is 9.88 Å². The van der Waals surface area contributed by atoms with Crippen molar-refractivity contribution in [2.45, 2.75) is 11.4 Å². The first kappa shape index (κ1) is 14.2. The van der Waals surface area contributed by atoms with E-state index in [1.807, 2.05) is 19.3 Å². The van der Waals surface area contributed by atoms with Gasteiger partial charge in [-0.3, -0.25) is 0 Å². The third-order valence-electron chi connectivity index (χ3n) is 2.96. The van der Waals surface area contributed by atoms with E-state index in [-0.39, 0.29) is 0 Å². The first-order valence-electron chi connectivity index (χ1n) is 5.99. The molecule has 104 valence electrons. The van der Waals surface area contributed by atoms with Crippen LogP contribution in [0, 0.1) is 11.3 Å². The highest BCUT2D eigenvalue weighted by Gasteiger charge is 2.06. The van der Waals surface area contributed by atoms with Gasteiger partial charge in [-0.1, -0.05) is 0 Å². The van der Waals surface area contributed by atoms with Crippen LogP contribution in [0.25, 0.3) is 0 Å². The van der Waals surface area contributed by atoms with E-state index in [4.69, 9.17) is 5.26 Å². The van der Waals surface area contributed by atoms with Crippen LogP contribution in [0.4, 0.5) is 5.69 Å². The van der Waals surface area contributed by atoms with E-state index in [9.17, 15) is 8.42 Å². The minimum absolute atomic E-state index is 0.300. The van der Waals surface area contributed by atoms with E-state index < -0.39 is 9.84 Å². The average molecular weight is 289 g/mol. The van der Waals surface area contributed by atoms with Crippen LogP contribution in [-0.2, 0) is 23.4 Å². The summed E-state index contributed by atoms with van der Waals surface area (Å²) in [5, 5.41) is 12.1.